The number of para-hydroxylation sites is 2. The Hall–Kier alpha value is -3.67. The number of nitrogens with zero attached hydrogens (tertiary/aromatic N) is 2. The molecule has 0 fully saturated rings. The van der Waals surface area contributed by atoms with Crippen molar-refractivity contribution >= 4 is 22.6 Å². The van der Waals surface area contributed by atoms with Gasteiger partial charge in [-0.3, -0.25) is 14.7 Å². The highest BCUT2D eigenvalue weighted by Gasteiger charge is 2.17. The third kappa shape index (κ3) is 3.69. The highest BCUT2D eigenvalue weighted by molar-refractivity contribution is 5.91. The molecule has 146 valence electrons. The lowest BCUT2D eigenvalue weighted by molar-refractivity contribution is -0.116. The summed E-state index contributed by atoms with van der Waals surface area (Å²) in [4.78, 5) is 29.9. The number of aromatic amines is 1. The summed E-state index contributed by atoms with van der Waals surface area (Å²) in [7, 11) is 0. The van der Waals surface area contributed by atoms with Gasteiger partial charge in [0.2, 0.25) is 5.91 Å². The van der Waals surface area contributed by atoms with Crippen LogP contribution in [0.5, 0.6) is 0 Å². The predicted molar refractivity (Wildman–Crippen MR) is 115 cm³/mol. The fourth-order valence-corrected chi connectivity index (χ4v) is 3.61. The zero-order valence-corrected chi connectivity index (χ0v) is 16.4. The van der Waals surface area contributed by atoms with Crippen LogP contribution in [0.15, 0.2) is 65.5 Å². The van der Waals surface area contributed by atoms with Crippen LogP contribution >= 0.6 is 0 Å². The third-order valence-electron chi connectivity index (χ3n) is 5.09. The molecule has 0 saturated heterocycles. The van der Waals surface area contributed by atoms with Crippen molar-refractivity contribution < 1.29 is 4.79 Å². The molecular weight excluding hydrogens is 364 g/mol. The van der Waals surface area contributed by atoms with Gasteiger partial charge < -0.3 is 5.32 Å². The van der Waals surface area contributed by atoms with E-state index >= 15 is 0 Å². The molecule has 0 aliphatic rings. The summed E-state index contributed by atoms with van der Waals surface area (Å²) >= 11 is 0. The van der Waals surface area contributed by atoms with Crippen LogP contribution in [-0.2, 0) is 11.2 Å². The lowest BCUT2D eigenvalue weighted by atomic mass is 10.00. The summed E-state index contributed by atoms with van der Waals surface area (Å²) in [6.45, 7) is 3.83. The summed E-state index contributed by atoms with van der Waals surface area (Å²) in [5.74, 6) is -0.0640. The molecule has 6 heteroatoms. The van der Waals surface area contributed by atoms with Gasteiger partial charge in [0, 0.05) is 17.8 Å². The molecule has 2 aromatic heterocycles. The zero-order valence-electron chi connectivity index (χ0n) is 16.4. The topological polar surface area (TPSA) is 79.8 Å². The van der Waals surface area contributed by atoms with E-state index in [0.717, 1.165) is 28.2 Å². The van der Waals surface area contributed by atoms with Crippen LogP contribution in [0.3, 0.4) is 0 Å². The van der Waals surface area contributed by atoms with Gasteiger partial charge in [0.15, 0.2) is 5.65 Å². The molecule has 29 heavy (non-hydrogen) atoms. The molecular formula is C23H22N4O2. The smallest absolute Gasteiger partial charge is 0.281 e. The number of rotatable bonds is 5. The van der Waals surface area contributed by atoms with E-state index in [1.165, 1.54) is 4.68 Å². The molecule has 2 N–H and O–H groups in total. The number of carbonyl (C=O) groups excluding carboxylic acids is 1. The van der Waals surface area contributed by atoms with Crippen LogP contribution in [0.2, 0.25) is 0 Å². The maximum atomic E-state index is 13.0. The highest BCUT2D eigenvalue weighted by atomic mass is 16.1. The SMILES string of the molecule is Cc1nc2[nH]n(-c3ccccc3)c(=O)c2c(C)c1CCC(=O)Nc1ccccc1. The summed E-state index contributed by atoms with van der Waals surface area (Å²) < 4.78 is 1.51. The highest BCUT2D eigenvalue weighted by Crippen LogP contribution is 2.22. The normalized spacial score (nSPS) is 11.0. The Kier molecular flexibility index (Phi) is 4.99. The predicted octanol–water partition coefficient (Wildman–Crippen LogP) is 3.90. The Morgan fingerprint density at radius 2 is 1.69 bits per heavy atom. The number of carbonyl (C=O) groups is 1. The van der Waals surface area contributed by atoms with E-state index in [1.54, 1.807) is 0 Å². The number of nitrogens with one attached hydrogen (secondary N) is 2. The number of benzene rings is 2. The number of aromatic nitrogens is 3. The molecule has 0 bridgehead atoms. The van der Waals surface area contributed by atoms with Crippen molar-refractivity contribution in [2.45, 2.75) is 26.7 Å². The van der Waals surface area contributed by atoms with Crippen molar-refractivity contribution in [3.05, 3.63) is 87.8 Å². The maximum Gasteiger partial charge on any atom is 0.281 e. The first kappa shape index (κ1) is 18.7. The van der Waals surface area contributed by atoms with Gasteiger partial charge in [-0.2, -0.15) is 0 Å². The van der Waals surface area contributed by atoms with Gasteiger partial charge in [0.05, 0.1) is 11.1 Å². The van der Waals surface area contributed by atoms with Crippen molar-refractivity contribution in [2.75, 3.05) is 5.32 Å². The Bertz CT molecular complexity index is 1220. The molecule has 4 aromatic rings. The van der Waals surface area contributed by atoms with Gasteiger partial charge in [0.1, 0.15) is 0 Å². The number of H-pyrrole nitrogens is 1. The lowest BCUT2D eigenvalue weighted by Gasteiger charge is -2.10. The van der Waals surface area contributed by atoms with E-state index in [2.05, 4.69) is 15.4 Å². The van der Waals surface area contributed by atoms with Crippen LogP contribution in [0.1, 0.15) is 23.2 Å². The van der Waals surface area contributed by atoms with E-state index in [1.807, 2.05) is 74.5 Å². The summed E-state index contributed by atoms with van der Waals surface area (Å²) in [6.07, 6.45) is 0.844. The Labute approximate surface area is 168 Å². The number of pyridine rings is 1. The first-order chi connectivity index (χ1) is 14.0. The average Bonchev–Trinajstić information content (AvgIpc) is 3.05. The molecule has 1 amide bonds. The minimum Gasteiger partial charge on any atom is -0.326 e. The van der Waals surface area contributed by atoms with Crippen molar-refractivity contribution in [3.63, 3.8) is 0 Å². The van der Waals surface area contributed by atoms with Crippen LogP contribution in [0.4, 0.5) is 5.69 Å². The van der Waals surface area contributed by atoms with E-state index in [0.29, 0.717) is 23.9 Å². The fraction of sp³-hybridized carbons (Fsp3) is 0.174. The van der Waals surface area contributed by atoms with Gasteiger partial charge in [-0.05, 0) is 55.7 Å². The molecule has 6 nitrogen and oxygen atoms in total. The minimum atomic E-state index is -0.133. The van der Waals surface area contributed by atoms with Crippen molar-refractivity contribution in [2.24, 2.45) is 0 Å². The second-order valence-electron chi connectivity index (χ2n) is 7.03. The van der Waals surface area contributed by atoms with Gasteiger partial charge in [-0.25, -0.2) is 9.67 Å². The van der Waals surface area contributed by atoms with Crippen LogP contribution < -0.4 is 10.9 Å². The van der Waals surface area contributed by atoms with Gasteiger partial charge in [-0.1, -0.05) is 36.4 Å². The molecule has 0 atom stereocenters. The third-order valence-corrected chi connectivity index (χ3v) is 5.09. The molecule has 0 aliphatic carbocycles. The zero-order chi connectivity index (χ0) is 20.4. The molecule has 0 unspecified atom stereocenters. The number of anilines is 1. The number of hydrogen-bond donors (Lipinski definition) is 2. The molecule has 0 radical (unpaired) electrons. The fourth-order valence-electron chi connectivity index (χ4n) is 3.61. The Morgan fingerprint density at radius 3 is 2.38 bits per heavy atom. The van der Waals surface area contributed by atoms with Gasteiger partial charge >= 0.3 is 0 Å². The van der Waals surface area contributed by atoms with Crippen LogP contribution in [-0.4, -0.2) is 20.7 Å². The van der Waals surface area contributed by atoms with Gasteiger partial charge in [-0.15, -0.1) is 0 Å². The standard InChI is InChI=1S/C23H22N4O2/c1-15-19(13-14-20(28)25-17-9-5-3-6-10-17)16(2)24-22-21(15)23(29)27(26-22)18-11-7-4-8-12-18/h3-12H,13-14H2,1-2H3,(H,24,26)(H,25,28). The molecule has 2 heterocycles. The van der Waals surface area contributed by atoms with Crippen molar-refractivity contribution in [3.8, 4) is 5.69 Å². The largest absolute Gasteiger partial charge is 0.326 e. The average molecular weight is 386 g/mol. The van der Waals surface area contributed by atoms with E-state index < -0.39 is 0 Å². The lowest BCUT2D eigenvalue weighted by Crippen LogP contribution is -2.15. The first-order valence-electron chi connectivity index (χ1n) is 9.55. The van der Waals surface area contributed by atoms with Gasteiger partial charge in [0.25, 0.3) is 5.56 Å². The quantitative estimate of drug-likeness (QED) is 0.546. The molecule has 4 rings (SSSR count). The van der Waals surface area contributed by atoms with Crippen LogP contribution in [0, 0.1) is 13.8 Å². The maximum absolute atomic E-state index is 13.0. The van der Waals surface area contributed by atoms with E-state index in [9.17, 15) is 9.59 Å². The Balaban J connectivity index is 1.62. The molecule has 0 aliphatic heterocycles. The first-order valence-corrected chi connectivity index (χ1v) is 9.55. The number of hydrogen-bond acceptors (Lipinski definition) is 3. The second-order valence-corrected chi connectivity index (χ2v) is 7.03. The Morgan fingerprint density at radius 1 is 1.03 bits per heavy atom. The summed E-state index contributed by atoms with van der Waals surface area (Å²) in [5, 5.41) is 6.56. The van der Waals surface area contributed by atoms with Crippen LogP contribution in [0.25, 0.3) is 16.7 Å². The minimum absolute atomic E-state index is 0.0640. The molecule has 0 saturated carbocycles. The number of aryl methyl sites for hydroxylation is 2. The van der Waals surface area contributed by atoms with E-state index in [4.69, 9.17) is 0 Å². The molecule has 0 spiro atoms. The second kappa shape index (κ2) is 7.75. The number of fused-ring (bicyclic) bond motifs is 1. The molecule has 2 aromatic carbocycles. The summed E-state index contributed by atoms with van der Waals surface area (Å²) in [5.41, 5.74) is 4.60. The van der Waals surface area contributed by atoms with Crippen molar-refractivity contribution in [1.82, 2.24) is 14.8 Å². The number of amides is 1. The van der Waals surface area contributed by atoms with E-state index in [-0.39, 0.29) is 11.5 Å². The summed E-state index contributed by atoms with van der Waals surface area (Å²) in [6, 6.07) is 18.8. The monoisotopic (exact) mass is 386 g/mol. The van der Waals surface area contributed by atoms with Crippen molar-refractivity contribution in [1.29, 1.82) is 0 Å².